The van der Waals surface area contributed by atoms with E-state index in [2.05, 4.69) is 4.98 Å². The first-order valence-corrected chi connectivity index (χ1v) is 6.99. The van der Waals surface area contributed by atoms with Crippen LogP contribution < -0.4 is 4.74 Å². The highest BCUT2D eigenvalue weighted by Gasteiger charge is 2.45. The normalized spacial score (nSPS) is 16.7. The van der Waals surface area contributed by atoms with Crippen LogP contribution in [0.15, 0.2) is 48.7 Å². The third-order valence-corrected chi connectivity index (χ3v) is 4.02. The van der Waals surface area contributed by atoms with Crippen molar-refractivity contribution in [2.24, 2.45) is 5.92 Å². The molecular weight excluding hydrogens is 286 g/mol. The van der Waals surface area contributed by atoms with Crippen molar-refractivity contribution in [3.8, 4) is 5.75 Å². The Morgan fingerprint density at radius 1 is 1.19 bits per heavy atom. The van der Waals surface area contributed by atoms with Gasteiger partial charge in [0.15, 0.2) is 0 Å². The van der Waals surface area contributed by atoms with E-state index in [-0.39, 0.29) is 12.4 Å². The average Bonchev–Trinajstić information content (AvgIpc) is 3.33. The van der Waals surface area contributed by atoms with Gasteiger partial charge in [0.2, 0.25) is 0 Å². The molecule has 1 aromatic carbocycles. The smallest absolute Gasteiger partial charge is 0.118 e. The van der Waals surface area contributed by atoms with Gasteiger partial charge in [-0.1, -0.05) is 18.2 Å². The van der Waals surface area contributed by atoms with Gasteiger partial charge in [0.05, 0.1) is 12.7 Å². The molecule has 1 aliphatic rings. The van der Waals surface area contributed by atoms with Crippen molar-refractivity contribution in [2.45, 2.75) is 24.9 Å². The van der Waals surface area contributed by atoms with Crippen LogP contribution >= 0.6 is 12.4 Å². The van der Waals surface area contributed by atoms with E-state index in [4.69, 9.17) is 4.74 Å². The topological polar surface area (TPSA) is 42.4 Å². The number of nitrogens with zero attached hydrogens (tertiary/aromatic N) is 1. The molecular formula is C17H20ClNO2. The van der Waals surface area contributed by atoms with Crippen LogP contribution in [0.2, 0.25) is 0 Å². The fourth-order valence-corrected chi connectivity index (χ4v) is 2.70. The first-order chi connectivity index (χ1) is 9.72. The average molecular weight is 306 g/mol. The Balaban J connectivity index is 0.00000161. The largest absolute Gasteiger partial charge is 0.497 e. The zero-order valence-corrected chi connectivity index (χ0v) is 12.8. The number of ether oxygens (including phenoxy) is 1. The van der Waals surface area contributed by atoms with Crippen molar-refractivity contribution >= 4 is 12.4 Å². The Morgan fingerprint density at radius 3 is 2.43 bits per heavy atom. The highest BCUT2D eigenvalue weighted by atomic mass is 35.5. The molecule has 1 N–H and O–H groups in total. The van der Waals surface area contributed by atoms with E-state index in [0.29, 0.717) is 12.3 Å². The first kappa shape index (κ1) is 15.8. The second-order valence-electron chi connectivity index (χ2n) is 5.42. The lowest BCUT2D eigenvalue weighted by Gasteiger charge is -2.28. The summed E-state index contributed by atoms with van der Waals surface area (Å²) in [4.78, 5) is 4.35. The van der Waals surface area contributed by atoms with E-state index in [1.165, 1.54) is 0 Å². The Morgan fingerprint density at radius 2 is 1.90 bits per heavy atom. The van der Waals surface area contributed by atoms with Crippen molar-refractivity contribution < 1.29 is 9.84 Å². The molecule has 0 aliphatic heterocycles. The Kier molecular flexibility index (Phi) is 4.86. The van der Waals surface area contributed by atoms with Gasteiger partial charge in [-0.05, 0) is 48.6 Å². The zero-order chi connectivity index (χ0) is 14.0. The molecule has 4 heteroatoms. The standard InChI is InChI=1S/C17H19NO2.ClH/c1-20-16-9-7-14(8-10-16)17(19,13-5-6-13)12-15-4-2-3-11-18-15;/h2-4,7-11,13,19H,5-6,12H2,1H3;1H. The van der Waals surface area contributed by atoms with Gasteiger partial charge in [-0.15, -0.1) is 12.4 Å². The van der Waals surface area contributed by atoms with Gasteiger partial charge in [0, 0.05) is 18.3 Å². The fourth-order valence-electron chi connectivity index (χ4n) is 2.70. The lowest BCUT2D eigenvalue weighted by atomic mass is 9.84. The molecule has 0 radical (unpaired) electrons. The number of aromatic nitrogens is 1. The summed E-state index contributed by atoms with van der Waals surface area (Å²) >= 11 is 0. The number of methoxy groups -OCH3 is 1. The van der Waals surface area contributed by atoms with E-state index < -0.39 is 5.60 Å². The third-order valence-electron chi connectivity index (χ3n) is 4.02. The van der Waals surface area contributed by atoms with Crippen molar-refractivity contribution in [1.82, 2.24) is 4.98 Å². The highest BCUT2D eigenvalue weighted by molar-refractivity contribution is 5.85. The molecule has 112 valence electrons. The lowest BCUT2D eigenvalue weighted by Crippen LogP contribution is -2.31. The Bertz CT molecular complexity index is 569. The summed E-state index contributed by atoms with van der Waals surface area (Å²) < 4.78 is 5.18. The molecule has 3 rings (SSSR count). The molecule has 0 spiro atoms. The second-order valence-corrected chi connectivity index (χ2v) is 5.42. The maximum atomic E-state index is 11.2. The summed E-state index contributed by atoms with van der Waals surface area (Å²) in [5, 5.41) is 11.2. The summed E-state index contributed by atoms with van der Waals surface area (Å²) in [6.07, 6.45) is 4.49. The van der Waals surface area contributed by atoms with Crippen LogP contribution in [0.3, 0.4) is 0 Å². The first-order valence-electron chi connectivity index (χ1n) is 6.99. The summed E-state index contributed by atoms with van der Waals surface area (Å²) in [6, 6.07) is 13.6. The SMILES string of the molecule is COc1ccc(C(O)(Cc2ccccn2)C2CC2)cc1.Cl. The minimum absolute atomic E-state index is 0. The van der Waals surface area contributed by atoms with E-state index in [9.17, 15) is 5.11 Å². The van der Waals surface area contributed by atoms with Gasteiger partial charge in [0.1, 0.15) is 5.75 Å². The molecule has 2 aromatic rings. The number of rotatable bonds is 5. The van der Waals surface area contributed by atoms with Crippen LogP contribution in [0.25, 0.3) is 0 Å². The van der Waals surface area contributed by atoms with Gasteiger partial charge in [-0.2, -0.15) is 0 Å². The molecule has 1 fully saturated rings. The minimum atomic E-state index is -0.819. The molecule has 1 atom stereocenters. The molecule has 0 bridgehead atoms. The van der Waals surface area contributed by atoms with Crippen LogP contribution in [0.5, 0.6) is 5.75 Å². The van der Waals surface area contributed by atoms with E-state index in [1.807, 2.05) is 42.5 Å². The Labute approximate surface area is 131 Å². The van der Waals surface area contributed by atoms with Crippen molar-refractivity contribution in [3.05, 3.63) is 59.9 Å². The van der Waals surface area contributed by atoms with E-state index >= 15 is 0 Å². The van der Waals surface area contributed by atoms with Gasteiger partial charge in [-0.25, -0.2) is 0 Å². The summed E-state index contributed by atoms with van der Waals surface area (Å²) in [5.74, 6) is 1.14. The molecule has 1 saturated carbocycles. The van der Waals surface area contributed by atoms with Crippen molar-refractivity contribution in [2.75, 3.05) is 7.11 Å². The molecule has 0 amide bonds. The van der Waals surface area contributed by atoms with Crippen LogP contribution in [-0.2, 0) is 12.0 Å². The minimum Gasteiger partial charge on any atom is -0.497 e. The predicted molar refractivity (Wildman–Crippen MR) is 84.8 cm³/mol. The van der Waals surface area contributed by atoms with Crippen LogP contribution in [-0.4, -0.2) is 17.2 Å². The number of halogens is 1. The van der Waals surface area contributed by atoms with Gasteiger partial charge >= 0.3 is 0 Å². The maximum Gasteiger partial charge on any atom is 0.118 e. The number of hydrogen-bond acceptors (Lipinski definition) is 3. The van der Waals surface area contributed by atoms with Crippen LogP contribution in [0, 0.1) is 5.92 Å². The highest BCUT2D eigenvalue weighted by Crippen LogP contribution is 2.47. The van der Waals surface area contributed by atoms with E-state index in [1.54, 1.807) is 13.3 Å². The van der Waals surface area contributed by atoms with Crippen LogP contribution in [0.4, 0.5) is 0 Å². The quantitative estimate of drug-likeness (QED) is 0.921. The molecule has 1 aromatic heterocycles. The van der Waals surface area contributed by atoms with Crippen LogP contribution in [0.1, 0.15) is 24.1 Å². The second kappa shape index (κ2) is 6.46. The number of pyridine rings is 1. The zero-order valence-electron chi connectivity index (χ0n) is 12.0. The van der Waals surface area contributed by atoms with Gasteiger partial charge < -0.3 is 9.84 Å². The summed E-state index contributed by atoms with van der Waals surface area (Å²) in [7, 11) is 1.65. The lowest BCUT2D eigenvalue weighted by molar-refractivity contribution is 0.0122. The van der Waals surface area contributed by atoms with Gasteiger partial charge in [-0.3, -0.25) is 4.98 Å². The maximum absolute atomic E-state index is 11.2. The number of benzene rings is 1. The molecule has 1 heterocycles. The predicted octanol–water partition coefficient (Wildman–Crippen LogP) is 3.35. The molecule has 0 saturated heterocycles. The summed E-state index contributed by atoms with van der Waals surface area (Å²) in [5.41, 5.74) is 1.06. The molecule has 21 heavy (non-hydrogen) atoms. The van der Waals surface area contributed by atoms with E-state index in [0.717, 1.165) is 29.8 Å². The molecule has 1 aliphatic carbocycles. The Hall–Kier alpha value is -1.58. The van der Waals surface area contributed by atoms with Crippen molar-refractivity contribution in [1.29, 1.82) is 0 Å². The molecule has 3 nitrogen and oxygen atoms in total. The fraction of sp³-hybridized carbons (Fsp3) is 0.353. The van der Waals surface area contributed by atoms with Crippen molar-refractivity contribution in [3.63, 3.8) is 0 Å². The molecule has 1 unspecified atom stereocenters. The summed E-state index contributed by atoms with van der Waals surface area (Å²) in [6.45, 7) is 0. The number of aliphatic hydroxyl groups is 1. The van der Waals surface area contributed by atoms with Gasteiger partial charge in [0.25, 0.3) is 0 Å². The number of hydrogen-bond donors (Lipinski definition) is 1. The third kappa shape index (κ3) is 3.36. The monoisotopic (exact) mass is 305 g/mol.